The molecule has 1 saturated carbocycles. The second kappa shape index (κ2) is 14.5. The van der Waals surface area contributed by atoms with E-state index in [1.165, 1.54) is 23.1 Å². The number of carbonyl (C=O) groups is 5. The Balaban J connectivity index is 1.40. The summed E-state index contributed by atoms with van der Waals surface area (Å²) < 4.78 is 20.3. The van der Waals surface area contributed by atoms with Crippen molar-refractivity contribution in [2.45, 2.75) is 109 Å². The number of nitrogens with one attached hydrogen (secondary N) is 3. The number of rotatable bonds is 12. The van der Waals surface area contributed by atoms with Crippen LogP contribution in [0.5, 0.6) is 0 Å². The number of amides is 4. The van der Waals surface area contributed by atoms with Crippen molar-refractivity contribution in [3.8, 4) is 0 Å². The number of oxime groups is 1. The van der Waals surface area contributed by atoms with E-state index in [2.05, 4.69) is 21.1 Å². The highest BCUT2D eigenvalue weighted by molar-refractivity contribution is 6.38. The predicted octanol–water partition coefficient (Wildman–Crippen LogP) is 3.03. The monoisotopic (exact) mass is 689 g/mol. The van der Waals surface area contributed by atoms with Crippen molar-refractivity contribution in [1.82, 2.24) is 20.9 Å². The van der Waals surface area contributed by atoms with Gasteiger partial charge in [0, 0.05) is 38.5 Å². The summed E-state index contributed by atoms with van der Waals surface area (Å²) in [6.45, 7) is 8.24. The standard InChI is InChI=1S/C34H45ClFN5O7/c1-5-7-23(28(43)31(45)37-20-10-11-20)38-30(44)25-16-34(15-24(40-48-34)27-21(35)8-6-9-22(27)36)18-41(25)32(46)29(33(2,3)4)39-26(42)14-19-12-13-47-17-19/h6,8-9,19-20,23,25,29H,5,7,10-18H2,1-4H3,(H,37,45)(H,38,44)(H,39,42)/t19-,23+,25+,29-,34-/m1/s1. The Labute approximate surface area is 284 Å². The molecule has 0 aromatic heterocycles. The van der Waals surface area contributed by atoms with Gasteiger partial charge in [0.2, 0.25) is 23.5 Å². The van der Waals surface area contributed by atoms with Crippen LogP contribution in [0.1, 0.15) is 84.6 Å². The lowest BCUT2D eigenvalue weighted by Crippen LogP contribution is -2.59. The number of hydrogen-bond acceptors (Lipinski definition) is 8. The Kier molecular flexibility index (Phi) is 10.8. The number of ketones is 1. The number of Topliss-reactive ketones (excluding diaryl/α,β-unsaturated/α-hetero) is 1. The molecule has 3 heterocycles. The van der Waals surface area contributed by atoms with E-state index in [1.807, 2.05) is 27.7 Å². The summed E-state index contributed by atoms with van der Waals surface area (Å²) >= 11 is 6.32. The zero-order valence-corrected chi connectivity index (χ0v) is 28.7. The van der Waals surface area contributed by atoms with Gasteiger partial charge >= 0.3 is 0 Å². The maximum Gasteiger partial charge on any atom is 0.289 e. The molecule has 0 radical (unpaired) electrons. The smallest absolute Gasteiger partial charge is 0.289 e. The lowest BCUT2D eigenvalue weighted by atomic mass is 9.85. The van der Waals surface area contributed by atoms with Crippen LogP contribution in [0.2, 0.25) is 5.02 Å². The lowest BCUT2D eigenvalue weighted by molar-refractivity contribution is -0.145. The summed E-state index contributed by atoms with van der Waals surface area (Å²) in [5.41, 5.74) is -1.65. The molecule has 4 aliphatic rings. The van der Waals surface area contributed by atoms with Crippen LogP contribution in [0.3, 0.4) is 0 Å². The van der Waals surface area contributed by atoms with Crippen molar-refractivity contribution < 1.29 is 37.9 Å². The number of carbonyl (C=O) groups excluding carboxylic acids is 5. The average molecular weight is 690 g/mol. The predicted molar refractivity (Wildman–Crippen MR) is 174 cm³/mol. The maximum absolute atomic E-state index is 14.9. The molecule has 3 N–H and O–H groups in total. The third-order valence-electron chi connectivity index (χ3n) is 9.34. The van der Waals surface area contributed by atoms with E-state index in [-0.39, 0.29) is 66.4 Å². The van der Waals surface area contributed by atoms with Gasteiger partial charge in [0.1, 0.15) is 17.9 Å². The molecule has 5 rings (SSSR count). The minimum absolute atomic E-state index is 0.0326. The number of likely N-dealkylation sites (tertiary alicyclic amines) is 1. The van der Waals surface area contributed by atoms with Crippen molar-refractivity contribution in [3.63, 3.8) is 0 Å². The van der Waals surface area contributed by atoms with Crippen molar-refractivity contribution in [2.75, 3.05) is 19.8 Å². The zero-order chi connectivity index (χ0) is 34.8. The molecule has 1 aliphatic carbocycles. The molecule has 4 amide bonds. The third-order valence-corrected chi connectivity index (χ3v) is 9.65. The second-order valence-electron chi connectivity index (χ2n) is 14.5. The normalized spacial score (nSPS) is 24.9. The fourth-order valence-corrected chi connectivity index (χ4v) is 6.82. The molecule has 2 saturated heterocycles. The van der Waals surface area contributed by atoms with E-state index in [9.17, 15) is 28.4 Å². The van der Waals surface area contributed by atoms with Crippen LogP contribution in [-0.4, -0.2) is 89.6 Å². The number of halogens is 2. The molecule has 3 aliphatic heterocycles. The van der Waals surface area contributed by atoms with Crippen LogP contribution >= 0.6 is 11.6 Å². The Morgan fingerprint density at radius 2 is 1.90 bits per heavy atom. The first kappa shape index (κ1) is 35.7. The summed E-state index contributed by atoms with van der Waals surface area (Å²) in [5, 5.41) is 12.6. The van der Waals surface area contributed by atoms with Crippen LogP contribution in [0.15, 0.2) is 23.4 Å². The molecule has 1 aromatic rings. The van der Waals surface area contributed by atoms with E-state index in [4.69, 9.17) is 21.2 Å². The first-order chi connectivity index (χ1) is 22.7. The van der Waals surface area contributed by atoms with Crippen molar-refractivity contribution in [2.24, 2.45) is 16.5 Å². The molecule has 14 heteroatoms. The highest BCUT2D eigenvalue weighted by Gasteiger charge is 2.56. The molecule has 1 spiro atoms. The van der Waals surface area contributed by atoms with Crippen LogP contribution in [-0.2, 0) is 33.5 Å². The van der Waals surface area contributed by atoms with Gasteiger partial charge in [0.05, 0.1) is 28.9 Å². The second-order valence-corrected chi connectivity index (χ2v) is 14.9. The van der Waals surface area contributed by atoms with Gasteiger partial charge in [-0.15, -0.1) is 0 Å². The first-order valence-electron chi connectivity index (χ1n) is 16.7. The van der Waals surface area contributed by atoms with Gasteiger partial charge in [0.25, 0.3) is 5.91 Å². The highest BCUT2D eigenvalue weighted by atomic mass is 35.5. The first-order valence-corrected chi connectivity index (χ1v) is 17.1. The molecular formula is C34H45ClFN5O7. The minimum Gasteiger partial charge on any atom is -0.387 e. The van der Waals surface area contributed by atoms with E-state index in [1.54, 1.807) is 0 Å². The quantitative estimate of drug-likeness (QED) is 0.285. The number of nitrogens with zero attached hydrogens (tertiary/aromatic N) is 2. The molecule has 5 atom stereocenters. The molecule has 262 valence electrons. The van der Waals surface area contributed by atoms with Gasteiger partial charge in [-0.3, -0.25) is 24.0 Å². The van der Waals surface area contributed by atoms with Gasteiger partial charge in [-0.05, 0) is 49.1 Å². The number of benzene rings is 1. The van der Waals surface area contributed by atoms with Crippen LogP contribution in [0, 0.1) is 17.2 Å². The third kappa shape index (κ3) is 8.16. The molecule has 0 bridgehead atoms. The highest BCUT2D eigenvalue weighted by Crippen LogP contribution is 2.41. The van der Waals surface area contributed by atoms with Gasteiger partial charge in [-0.1, -0.05) is 56.9 Å². The minimum atomic E-state index is -1.21. The molecule has 3 fully saturated rings. The Morgan fingerprint density at radius 3 is 2.52 bits per heavy atom. The lowest BCUT2D eigenvalue weighted by Gasteiger charge is -2.36. The fourth-order valence-electron chi connectivity index (χ4n) is 6.55. The number of hydrogen-bond donors (Lipinski definition) is 3. The van der Waals surface area contributed by atoms with Gasteiger partial charge in [0.15, 0.2) is 5.60 Å². The topological polar surface area (TPSA) is 156 Å². The van der Waals surface area contributed by atoms with Gasteiger partial charge in [-0.2, -0.15) is 0 Å². The van der Waals surface area contributed by atoms with E-state index >= 15 is 0 Å². The molecular weight excluding hydrogens is 645 g/mol. The molecule has 0 unspecified atom stereocenters. The summed E-state index contributed by atoms with van der Waals surface area (Å²) in [6, 6.07) is 0.966. The Hall–Kier alpha value is -3.58. The molecule has 12 nitrogen and oxygen atoms in total. The molecule has 1 aromatic carbocycles. The zero-order valence-electron chi connectivity index (χ0n) is 27.9. The van der Waals surface area contributed by atoms with Crippen LogP contribution in [0.4, 0.5) is 4.39 Å². The Bertz CT molecular complexity index is 1450. The SMILES string of the molecule is CCC[C@H](NC(=O)[C@@H]1C[C@]2(CC(c3c(F)cccc3Cl)=NO2)CN1C(=O)[C@@H](NC(=O)C[C@H]1CCOC1)C(C)(C)C)C(=O)C(=O)NC1CC1. The van der Waals surface area contributed by atoms with Crippen molar-refractivity contribution >= 4 is 46.7 Å². The largest absolute Gasteiger partial charge is 0.387 e. The van der Waals surface area contributed by atoms with Gasteiger partial charge in [-0.25, -0.2) is 4.39 Å². The van der Waals surface area contributed by atoms with Gasteiger partial charge < -0.3 is 30.4 Å². The Morgan fingerprint density at radius 1 is 1.15 bits per heavy atom. The van der Waals surface area contributed by atoms with E-state index in [0.717, 1.165) is 19.3 Å². The number of ether oxygens (including phenoxy) is 1. The molecule has 48 heavy (non-hydrogen) atoms. The maximum atomic E-state index is 14.9. The van der Waals surface area contributed by atoms with E-state index < -0.39 is 58.5 Å². The summed E-state index contributed by atoms with van der Waals surface area (Å²) in [6.07, 6.45) is 3.29. The summed E-state index contributed by atoms with van der Waals surface area (Å²) in [7, 11) is 0. The van der Waals surface area contributed by atoms with Crippen LogP contribution in [0.25, 0.3) is 0 Å². The van der Waals surface area contributed by atoms with Crippen molar-refractivity contribution in [1.29, 1.82) is 0 Å². The van der Waals surface area contributed by atoms with Crippen molar-refractivity contribution in [3.05, 3.63) is 34.6 Å². The fraction of sp³-hybridized carbons (Fsp3) is 0.647. The van der Waals surface area contributed by atoms with E-state index in [0.29, 0.717) is 19.6 Å². The summed E-state index contributed by atoms with van der Waals surface area (Å²) in [4.78, 5) is 74.7. The summed E-state index contributed by atoms with van der Waals surface area (Å²) in [5.74, 6) is -3.51. The van der Waals surface area contributed by atoms with Crippen LogP contribution < -0.4 is 16.0 Å². The average Bonchev–Trinajstić information content (AvgIpc) is 3.37.